The van der Waals surface area contributed by atoms with Gasteiger partial charge in [-0.2, -0.15) is 0 Å². The first kappa shape index (κ1) is 26.4. The summed E-state index contributed by atoms with van der Waals surface area (Å²) in [5.74, 6) is -0.322. The zero-order valence-electron chi connectivity index (χ0n) is 21.6. The van der Waals surface area contributed by atoms with Crippen molar-refractivity contribution in [1.82, 2.24) is 4.90 Å². The van der Waals surface area contributed by atoms with Crippen LogP contribution in [0, 0.1) is 13.8 Å². The monoisotopic (exact) mass is 501 g/mol. The number of nitrogens with zero attached hydrogens (tertiary/aromatic N) is 1. The van der Waals surface area contributed by atoms with Crippen molar-refractivity contribution >= 4 is 11.9 Å². The van der Waals surface area contributed by atoms with Gasteiger partial charge in [0.05, 0.1) is 13.2 Å². The zero-order valence-corrected chi connectivity index (χ0v) is 21.6. The zero-order chi connectivity index (χ0) is 26.4. The number of rotatable bonds is 12. The fraction of sp³-hybridized carbons (Fsp3) is 0.355. The second-order valence-electron chi connectivity index (χ2n) is 9.99. The maximum atomic E-state index is 13.6. The first-order valence-electron chi connectivity index (χ1n) is 12.9. The predicted octanol–water partition coefficient (Wildman–Crippen LogP) is 6.12. The number of benzene rings is 3. The minimum Gasteiger partial charge on any atom is -0.493 e. The summed E-state index contributed by atoms with van der Waals surface area (Å²) in [5, 5.41) is 19.8. The Morgan fingerprint density at radius 1 is 0.892 bits per heavy atom. The summed E-state index contributed by atoms with van der Waals surface area (Å²) in [4.78, 5) is 25.8. The van der Waals surface area contributed by atoms with E-state index in [-0.39, 0.29) is 18.9 Å². The minimum atomic E-state index is -1.15. The van der Waals surface area contributed by atoms with Crippen molar-refractivity contribution in [3.8, 4) is 16.9 Å². The molecule has 1 aliphatic rings. The number of hydrogen-bond donors (Lipinski definition) is 2. The molecule has 1 saturated carbocycles. The summed E-state index contributed by atoms with van der Waals surface area (Å²) in [6.07, 6.45) is 3.41. The molecule has 194 valence electrons. The molecule has 0 heterocycles. The van der Waals surface area contributed by atoms with Gasteiger partial charge in [-0.25, -0.2) is 0 Å². The van der Waals surface area contributed by atoms with Crippen LogP contribution in [0.1, 0.15) is 65.6 Å². The Labute approximate surface area is 218 Å². The third-order valence-electron chi connectivity index (χ3n) is 6.73. The van der Waals surface area contributed by atoms with E-state index in [1.807, 2.05) is 48.5 Å². The van der Waals surface area contributed by atoms with Crippen molar-refractivity contribution in [3.63, 3.8) is 0 Å². The fourth-order valence-corrected chi connectivity index (χ4v) is 4.57. The molecule has 1 aliphatic carbocycles. The van der Waals surface area contributed by atoms with Crippen LogP contribution in [0.5, 0.6) is 5.75 Å². The number of carbonyl (C=O) groups is 2. The minimum absolute atomic E-state index is 0.165. The van der Waals surface area contributed by atoms with E-state index < -0.39 is 11.7 Å². The number of ether oxygens (including phenoxy) is 1. The molecule has 1 fully saturated rings. The van der Waals surface area contributed by atoms with Crippen molar-refractivity contribution in [2.45, 2.75) is 64.6 Å². The Morgan fingerprint density at radius 2 is 1.57 bits per heavy atom. The van der Waals surface area contributed by atoms with E-state index in [1.54, 1.807) is 4.90 Å². The quantitative estimate of drug-likeness (QED) is 0.231. The average molecular weight is 502 g/mol. The molecular formula is C31H35NO5. The molecule has 6 nitrogen and oxygen atoms in total. The van der Waals surface area contributed by atoms with Crippen LogP contribution in [-0.2, 0) is 11.3 Å². The van der Waals surface area contributed by atoms with Gasteiger partial charge in [-0.3, -0.25) is 9.59 Å². The maximum Gasteiger partial charge on any atom is 0.303 e. The molecule has 0 bridgehead atoms. The molecule has 0 aromatic heterocycles. The molecule has 0 aliphatic heterocycles. The number of hydrogen-bond acceptors (Lipinski definition) is 4. The Hall–Kier alpha value is -3.64. The summed E-state index contributed by atoms with van der Waals surface area (Å²) < 4.78 is 5.98. The lowest BCUT2D eigenvalue weighted by atomic mass is 9.99. The van der Waals surface area contributed by atoms with Crippen LogP contribution < -0.4 is 4.74 Å². The maximum absolute atomic E-state index is 13.6. The normalized spacial score (nSPS) is 13.7. The number of para-hydroxylation sites is 1. The number of aliphatic carboxylic acids is 1. The van der Waals surface area contributed by atoms with Gasteiger partial charge < -0.3 is 19.8 Å². The molecule has 0 atom stereocenters. The van der Waals surface area contributed by atoms with Gasteiger partial charge in [-0.15, -0.1) is 0 Å². The Morgan fingerprint density at radius 3 is 2.22 bits per heavy atom. The second kappa shape index (κ2) is 11.6. The smallest absolute Gasteiger partial charge is 0.303 e. The van der Waals surface area contributed by atoms with Gasteiger partial charge in [0.2, 0.25) is 0 Å². The van der Waals surface area contributed by atoms with Crippen LogP contribution in [-0.4, -0.2) is 39.3 Å². The topological polar surface area (TPSA) is 87.1 Å². The Kier molecular flexibility index (Phi) is 8.29. The lowest BCUT2D eigenvalue weighted by Crippen LogP contribution is -2.41. The highest BCUT2D eigenvalue weighted by atomic mass is 16.5. The van der Waals surface area contributed by atoms with Crippen LogP contribution >= 0.6 is 0 Å². The Bertz CT molecular complexity index is 1230. The molecule has 0 saturated heterocycles. The first-order valence-corrected chi connectivity index (χ1v) is 12.9. The molecule has 6 heteroatoms. The molecule has 1 amide bonds. The lowest BCUT2D eigenvalue weighted by molar-refractivity contribution is -0.137. The van der Waals surface area contributed by atoms with Gasteiger partial charge in [0.25, 0.3) is 5.91 Å². The molecular weight excluding hydrogens is 466 g/mol. The van der Waals surface area contributed by atoms with E-state index in [0.29, 0.717) is 37.2 Å². The van der Waals surface area contributed by atoms with Crippen LogP contribution in [0.25, 0.3) is 11.1 Å². The van der Waals surface area contributed by atoms with E-state index in [9.17, 15) is 14.7 Å². The number of amides is 1. The number of unbranched alkanes of at least 4 members (excludes halogenated alkanes) is 2. The SMILES string of the molecule is Cc1cc(C)cc(-c2ccc(C(=O)N(Cc3ccccc3OCCCCCC(=O)O)C3(O)CC3)cc2)c1. The molecule has 0 spiro atoms. The standard InChI is InChI=1S/C31H35NO5/c1-22-18-23(2)20-27(19-22)24-11-13-25(14-12-24)30(35)32(31(36)15-16-31)21-26-8-5-6-9-28(26)37-17-7-3-4-10-29(33)34/h5-6,8-9,11-14,18-20,36H,3-4,7,10,15-17,21H2,1-2H3,(H,33,34). The van der Waals surface area contributed by atoms with E-state index in [2.05, 4.69) is 32.0 Å². The van der Waals surface area contributed by atoms with E-state index in [1.165, 1.54) is 11.1 Å². The van der Waals surface area contributed by atoms with Crippen molar-refractivity contribution in [2.75, 3.05) is 6.61 Å². The largest absolute Gasteiger partial charge is 0.493 e. The van der Waals surface area contributed by atoms with Gasteiger partial charge in [0.1, 0.15) is 11.5 Å². The molecule has 2 N–H and O–H groups in total. The number of carboxylic acids is 1. The highest BCUT2D eigenvalue weighted by Crippen LogP contribution is 2.41. The van der Waals surface area contributed by atoms with Gasteiger partial charge in [-0.1, -0.05) is 59.7 Å². The van der Waals surface area contributed by atoms with Crippen molar-refractivity contribution in [1.29, 1.82) is 0 Å². The number of carbonyl (C=O) groups excluding carboxylic acids is 1. The lowest BCUT2D eigenvalue weighted by Gasteiger charge is -2.29. The number of aliphatic hydroxyl groups is 1. The van der Waals surface area contributed by atoms with Gasteiger partial charge in [-0.05, 0) is 75.3 Å². The predicted molar refractivity (Wildman–Crippen MR) is 143 cm³/mol. The molecule has 3 aromatic rings. The molecule has 37 heavy (non-hydrogen) atoms. The summed E-state index contributed by atoms with van der Waals surface area (Å²) in [6.45, 7) is 4.85. The highest BCUT2D eigenvalue weighted by molar-refractivity contribution is 5.95. The summed E-state index contributed by atoms with van der Waals surface area (Å²) in [7, 11) is 0. The summed E-state index contributed by atoms with van der Waals surface area (Å²) >= 11 is 0. The number of aryl methyl sites for hydroxylation is 2. The second-order valence-corrected chi connectivity index (χ2v) is 9.99. The van der Waals surface area contributed by atoms with E-state index >= 15 is 0 Å². The molecule has 0 radical (unpaired) electrons. The third kappa shape index (κ3) is 6.98. The molecule has 0 unspecified atom stereocenters. The molecule has 4 rings (SSSR count). The first-order chi connectivity index (χ1) is 17.7. The van der Waals surface area contributed by atoms with Gasteiger partial charge >= 0.3 is 5.97 Å². The van der Waals surface area contributed by atoms with Crippen molar-refractivity contribution in [2.24, 2.45) is 0 Å². The van der Waals surface area contributed by atoms with Crippen LogP contribution in [0.4, 0.5) is 0 Å². The summed E-state index contributed by atoms with van der Waals surface area (Å²) in [6, 6.07) is 21.5. The van der Waals surface area contributed by atoms with E-state index in [0.717, 1.165) is 29.5 Å². The van der Waals surface area contributed by atoms with Gasteiger partial charge in [0, 0.05) is 17.5 Å². The number of carboxylic acid groups (broad SMARTS) is 1. The third-order valence-corrected chi connectivity index (χ3v) is 6.73. The van der Waals surface area contributed by atoms with Crippen LogP contribution in [0.2, 0.25) is 0 Å². The fourth-order valence-electron chi connectivity index (χ4n) is 4.57. The average Bonchev–Trinajstić information content (AvgIpc) is 3.62. The Balaban J connectivity index is 1.46. The van der Waals surface area contributed by atoms with Crippen LogP contribution in [0.3, 0.4) is 0 Å². The molecule has 3 aromatic carbocycles. The van der Waals surface area contributed by atoms with Crippen LogP contribution in [0.15, 0.2) is 66.7 Å². The summed E-state index contributed by atoms with van der Waals surface area (Å²) in [5.41, 5.74) is 4.76. The highest BCUT2D eigenvalue weighted by Gasteiger charge is 2.49. The van der Waals surface area contributed by atoms with Crippen molar-refractivity contribution in [3.05, 3.63) is 89.0 Å². The van der Waals surface area contributed by atoms with Gasteiger partial charge in [0.15, 0.2) is 0 Å². The van der Waals surface area contributed by atoms with Crippen molar-refractivity contribution < 1.29 is 24.5 Å². The van der Waals surface area contributed by atoms with E-state index in [4.69, 9.17) is 9.84 Å².